The van der Waals surface area contributed by atoms with E-state index in [2.05, 4.69) is 22.3 Å². The quantitative estimate of drug-likeness (QED) is 0.101. The van der Waals surface area contributed by atoms with Crippen LogP contribution in [-0.2, 0) is 9.47 Å². The van der Waals surface area contributed by atoms with Crippen molar-refractivity contribution in [2.24, 2.45) is 0 Å². The number of hydrogen-bond acceptors (Lipinski definition) is 9. The van der Waals surface area contributed by atoms with Gasteiger partial charge in [-0.25, -0.2) is 9.18 Å². The minimum atomic E-state index is -0.631. The zero-order chi connectivity index (χ0) is 37.9. The Kier molecular flexibility index (Phi) is 9.36. The predicted octanol–water partition coefficient (Wildman–Crippen LogP) is 7.97. The van der Waals surface area contributed by atoms with Crippen LogP contribution in [0.4, 0.5) is 15.0 Å². The lowest BCUT2D eigenvalue weighted by atomic mass is 9.93. The van der Waals surface area contributed by atoms with E-state index < -0.39 is 11.4 Å². The number of methoxy groups -OCH3 is 1. The molecule has 0 radical (unpaired) electrons. The van der Waals surface area contributed by atoms with E-state index in [-0.39, 0.29) is 52.6 Å². The Morgan fingerprint density at radius 3 is 2.65 bits per heavy atom. The third-order valence-electron chi connectivity index (χ3n) is 11.2. The molecule has 0 saturated carbocycles. The number of carbonyl (C=O) groups is 1. The van der Waals surface area contributed by atoms with Crippen LogP contribution in [0, 0.1) is 18.2 Å². The first-order chi connectivity index (χ1) is 25.9. The summed E-state index contributed by atoms with van der Waals surface area (Å²) in [5, 5.41) is 2.03. The van der Waals surface area contributed by atoms with E-state index in [4.69, 9.17) is 46.9 Å². The monoisotopic (exact) mass is 753 g/mol. The zero-order valence-electron chi connectivity index (χ0n) is 31.2. The van der Waals surface area contributed by atoms with E-state index in [1.807, 2.05) is 49.9 Å². The van der Waals surface area contributed by atoms with E-state index in [1.165, 1.54) is 12.7 Å². The molecule has 3 unspecified atom stereocenters. The number of aromatic nitrogens is 2. The van der Waals surface area contributed by atoms with Gasteiger partial charge in [0.05, 0.1) is 22.6 Å². The van der Waals surface area contributed by atoms with Gasteiger partial charge in [-0.2, -0.15) is 9.97 Å². The Labute approximate surface area is 320 Å². The number of ether oxygens (including phenoxy) is 4. The van der Waals surface area contributed by atoms with Crippen LogP contribution in [0.2, 0.25) is 5.02 Å². The van der Waals surface area contributed by atoms with E-state index in [1.54, 1.807) is 12.1 Å². The molecule has 3 aromatic carbocycles. The molecule has 54 heavy (non-hydrogen) atoms. The molecule has 4 aromatic rings. The highest BCUT2D eigenvalue weighted by Gasteiger charge is 2.47. The molecule has 3 atom stereocenters. The van der Waals surface area contributed by atoms with Gasteiger partial charge in [0.25, 0.3) is 0 Å². The van der Waals surface area contributed by atoms with Gasteiger partial charge in [-0.15, -0.1) is 6.42 Å². The van der Waals surface area contributed by atoms with E-state index >= 15 is 4.39 Å². The van der Waals surface area contributed by atoms with E-state index in [9.17, 15) is 4.79 Å². The Bertz CT molecular complexity index is 2200. The second-order valence-corrected chi connectivity index (χ2v) is 16.4. The summed E-state index contributed by atoms with van der Waals surface area (Å²) in [5.74, 6) is 3.09. The number of hydrogen-bond donors (Lipinski definition) is 0. The van der Waals surface area contributed by atoms with Crippen molar-refractivity contribution in [1.29, 1.82) is 0 Å². The summed E-state index contributed by atoms with van der Waals surface area (Å²) >= 11 is 7.12. The minimum Gasteiger partial charge on any atom is -0.468 e. The highest BCUT2D eigenvalue weighted by Crippen LogP contribution is 2.45. The van der Waals surface area contributed by atoms with Crippen LogP contribution in [0.3, 0.4) is 0 Å². The summed E-state index contributed by atoms with van der Waals surface area (Å²) in [4.78, 5) is 29.5. The second-order valence-electron chi connectivity index (χ2n) is 16.0. The molecule has 4 saturated heterocycles. The van der Waals surface area contributed by atoms with Crippen molar-refractivity contribution < 1.29 is 28.1 Å². The van der Waals surface area contributed by atoms with Crippen LogP contribution in [0.5, 0.6) is 11.8 Å². The molecule has 0 spiro atoms. The molecule has 4 aliphatic heterocycles. The van der Waals surface area contributed by atoms with Crippen molar-refractivity contribution in [3.63, 3.8) is 0 Å². The maximum atomic E-state index is 17.5. The van der Waals surface area contributed by atoms with Gasteiger partial charge in [-0.05, 0) is 94.6 Å². The number of carbonyl (C=O) groups excluding carboxylic acids is 1. The summed E-state index contributed by atoms with van der Waals surface area (Å²) in [6.45, 7) is 13.0. The molecule has 12 heteroatoms. The van der Waals surface area contributed by atoms with Gasteiger partial charge in [0.15, 0.2) is 12.6 Å². The molecule has 4 aliphatic rings. The predicted molar refractivity (Wildman–Crippen MR) is 208 cm³/mol. The Balaban J connectivity index is 1.26. The minimum absolute atomic E-state index is 0.000437. The van der Waals surface area contributed by atoms with Gasteiger partial charge >= 0.3 is 12.1 Å². The number of benzene rings is 3. The molecule has 5 heterocycles. The van der Waals surface area contributed by atoms with Crippen LogP contribution in [0.15, 0.2) is 48.6 Å². The van der Waals surface area contributed by atoms with Gasteiger partial charge in [0, 0.05) is 48.6 Å². The lowest BCUT2D eigenvalue weighted by molar-refractivity contribution is 0.0122. The standard InChI is InChI=1S/C42H45ClFN5O5/c1-7-26-10-8-11-27-16-30(53-24-51-6)17-31(34(26)27)35-33(43)18-32-37(36(35)44)45-39(52-23-42-14-9-15-48(42)20-25(2)19-42)46-38(32)47-21-28-12-13-29(22-47)49(28)40(50)54-41(3,4)5/h1,8,10-11,16-18,28-29H,2,9,12-15,19-24H2,3-6H3. The summed E-state index contributed by atoms with van der Waals surface area (Å²) in [6.07, 6.45) is 10.2. The first-order valence-corrected chi connectivity index (χ1v) is 18.9. The lowest BCUT2D eigenvalue weighted by Gasteiger charge is -2.42. The normalized spacial score (nSPS) is 22.6. The van der Waals surface area contributed by atoms with Gasteiger partial charge in [-0.3, -0.25) is 9.80 Å². The fourth-order valence-electron chi connectivity index (χ4n) is 8.97. The number of halogens is 2. The average molecular weight is 754 g/mol. The number of piperazine rings is 1. The third-order valence-corrected chi connectivity index (χ3v) is 11.4. The van der Waals surface area contributed by atoms with Gasteiger partial charge < -0.3 is 23.8 Å². The molecule has 0 aliphatic carbocycles. The molecule has 1 amide bonds. The number of anilines is 1. The average Bonchev–Trinajstić information content (AvgIpc) is 3.75. The highest BCUT2D eigenvalue weighted by molar-refractivity contribution is 6.35. The van der Waals surface area contributed by atoms with Gasteiger partial charge in [-0.1, -0.05) is 41.8 Å². The molecular weight excluding hydrogens is 709 g/mol. The van der Waals surface area contributed by atoms with Gasteiger partial charge in [0.1, 0.15) is 29.3 Å². The fourth-order valence-corrected chi connectivity index (χ4v) is 9.27. The number of amides is 1. The van der Waals surface area contributed by atoms with Crippen molar-refractivity contribution >= 4 is 45.2 Å². The van der Waals surface area contributed by atoms with Crippen LogP contribution in [0.1, 0.15) is 58.4 Å². The van der Waals surface area contributed by atoms with Crippen molar-refractivity contribution in [2.75, 3.05) is 51.6 Å². The van der Waals surface area contributed by atoms with Crippen molar-refractivity contribution in [1.82, 2.24) is 19.8 Å². The largest absolute Gasteiger partial charge is 0.468 e. The van der Waals surface area contributed by atoms with Crippen LogP contribution in [-0.4, -0.2) is 95.8 Å². The van der Waals surface area contributed by atoms with Crippen LogP contribution >= 0.6 is 11.6 Å². The van der Waals surface area contributed by atoms with Crippen molar-refractivity contribution in [2.45, 2.75) is 76.1 Å². The Morgan fingerprint density at radius 2 is 1.93 bits per heavy atom. The van der Waals surface area contributed by atoms with Gasteiger partial charge in [0.2, 0.25) is 0 Å². The first kappa shape index (κ1) is 36.4. The number of rotatable bonds is 8. The molecule has 8 rings (SSSR count). The van der Waals surface area contributed by atoms with Crippen molar-refractivity contribution in [3.8, 4) is 35.2 Å². The summed E-state index contributed by atoms with van der Waals surface area (Å²) in [7, 11) is 1.53. The molecule has 1 aromatic heterocycles. The highest BCUT2D eigenvalue weighted by atomic mass is 35.5. The Hall–Kier alpha value is -4.63. The van der Waals surface area contributed by atoms with Crippen LogP contribution < -0.4 is 14.4 Å². The maximum Gasteiger partial charge on any atom is 0.410 e. The summed E-state index contributed by atoms with van der Waals surface area (Å²) < 4.78 is 40.8. The molecule has 2 bridgehead atoms. The SMILES string of the molecule is C#Cc1cccc2cc(OCOC)cc(-c3c(Cl)cc4c(N5CC6CCC(C5)N6C(=O)OC(C)(C)C)nc(OCC56CCCN5CC(=C)C6)nc4c3F)c12. The number of nitrogens with zero attached hydrogens (tertiary/aromatic N) is 5. The molecule has 4 fully saturated rings. The topological polar surface area (TPSA) is 89.5 Å². The van der Waals surface area contributed by atoms with Crippen LogP contribution in [0.25, 0.3) is 32.8 Å². The van der Waals surface area contributed by atoms with E-state index in [0.29, 0.717) is 53.2 Å². The number of fused-ring (bicyclic) bond motifs is 5. The molecule has 0 N–H and O–H groups in total. The smallest absolute Gasteiger partial charge is 0.410 e. The summed E-state index contributed by atoms with van der Waals surface area (Å²) in [6, 6.07) is 10.7. The maximum absolute atomic E-state index is 17.5. The molecule has 282 valence electrons. The zero-order valence-corrected chi connectivity index (χ0v) is 32.0. The lowest BCUT2D eigenvalue weighted by Crippen LogP contribution is -2.57. The van der Waals surface area contributed by atoms with Crippen molar-refractivity contribution in [3.05, 3.63) is 65.0 Å². The summed E-state index contributed by atoms with van der Waals surface area (Å²) in [5.41, 5.74) is 1.63. The molecular formula is C42H45ClFN5O5. The Morgan fingerprint density at radius 1 is 1.15 bits per heavy atom. The second kappa shape index (κ2) is 13.9. The molecule has 10 nitrogen and oxygen atoms in total. The fraction of sp³-hybridized carbons (Fsp3) is 0.452. The van der Waals surface area contributed by atoms with E-state index in [0.717, 1.165) is 50.6 Å². The third kappa shape index (κ3) is 6.48. The first-order valence-electron chi connectivity index (χ1n) is 18.5. The number of terminal acetylenes is 1.